The predicted octanol–water partition coefficient (Wildman–Crippen LogP) is 2.72. The molecule has 2 aliphatic carbocycles. The molecule has 0 bridgehead atoms. The van der Waals surface area contributed by atoms with E-state index in [1.165, 1.54) is 25.7 Å². The fraction of sp³-hybridized carbons (Fsp3) is 0.909. The average molecular weight is 197 g/mol. The minimum absolute atomic E-state index is 0.420. The van der Waals surface area contributed by atoms with Gasteiger partial charge in [-0.15, -0.1) is 0 Å². The van der Waals surface area contributed by atoms with Gasteiger partial charge in [0.05, 0.1) is 17.9 Å². The molecule has 0 aromatic rings. The zero-order valence-corrected chi connectivity index (χ0v) is 8.61. The van der Waals surface area contributed by atoms with Crippen LogP contribution < -0.4 is 0 Å². The van der Waals surface area contributed by atoms with Gasteiger partial charge in [0, 0.05) is 0 Å². The molecule has 1 N–H and O–H groups in total. The van der Waals surface area contributed by atoms with Crippen LogP contribution >= 0.6 is 0 Å². The van der Waals surface area contributed by atoms with Gasteiger partial charge in [0.1, 0.15) is 0 Å². The van der Waals surface area contributed by atoms with Gasteiger partial charge in [0.15, 0.2) is 0 Å². The Hall–Kier alpha value is -0.570. The highest BCUT2D eigenvalue weighted by molar-refractivity contribution is 5.84. The van der Waals surface area contributed by atoms with Crippen molar-refractivity contribution in [3.8, 4) is 0 Å². The fourth-order valence-corrected chi connectivity index (χ4v) is 2.46. The number of oxime groups is 1. The molecule has 0 spiro atoms. The van der Waals surface area contributed by atoms with Gasteiger partial charge in [0.25, 0.3) is 0 Å². The van der Waals surface area contributed by atoms with Crippen molar-refractivity contribution >= 4 is 5.71 Å². The van der Waals surface area contributed by atoms with E-state index in [0.717, 1.165) is 31.4 Å². The molecule has 0 aromatic heterocycles. The van der Waals surface area contributed by atoms with Gasteiger partial charge < -0.3 is 9.94 Å². The van der Waals surface area contributed by atoms with Gasteiger partial charge in [-0.2, -0.15) is 0 Å². The summed E-state index contributed by atoms with van der Waals surface area (Å²) in [6, 6.07) is 0. The minimum Gasteiger partial charge on any atom is -0.411 e. The van der Waals surface area contributed by atoms with E-state index in [1.54, 1.807) is 0 Å². The van der Waals surface area contributed by atoms with Gasteiger partial charge in [0.2, 0.25) is 0 Å². The molecule has 0 aromatic carbocycles. The average Bonchev–Trinajstić information content (AvgIpc) is 2.72. The lowest BCUT2D eigenvalue weighted by Crippen LogP contribution is -2.25. The molecule has 0 unspecified atom stereocenters. The third kappa shape index (κ3) is 2.47. The first-order valence-corrected chi connectivity index (χ1v) is 5.74. The highest BCUT2D eigenvalue weighted by Gasteiger charge is 2.23. The summed E-state index contributed by atoms with van der Waals surface area (Å²) in [6.45, 7) is 0. The topological polar surface area (TPSA) is 41.8 Å². The third-order valence-corrected chi connectivity index (χ3v) is 3.34. The van der Waals surface area contributed by atoms with E-state index in [0.29, 0.717) is 12.2 Å². The molecule has 80 valence electrons. The smallest absolute Gasteiger partial charge is 0.0586 e. The van der Waals surface area contributed by atoms with Gasteiger partial charge in [-0.25, -0.2) is 0 Å². The molecule has 3 heteroatoms. The van der Waals surface area contributed by atoms with E-state index < -0.39 is 0 Å². The molecule has 0 saturated heterocycles. The van der Waals surface area contributed by atoms with Crippen LogP contribution in [0.4, 0.5) is 0 Å². The molecule has 0 amide bonds. The van der Waals surface area contributed by atoms with Crippen molar-refractivity contribution in [1.82, 2.24) is 0 Å². The minimum atomic E-state index is 0.420. The van der Waals surface area contributed by atoms with Crippen molar-refractivity contribution in [2.45, 2.75) is 63.6 Å². The van der Waals surface area contributed by atoms with Crippen molar-refractivity contribution < 1.29 is 9.94 Å². The Bertz CT molecular complexity index is 199. The Balaban J connectivity index is 1.72. The van der Waals surface area contributed by atoms with Crippen LogP contribution in [0.3, 0.4) is 0 Å². The fourth-order valence-electron chi connectivity index (χ4n) is 2.46. The molecule has 2 aliphatic rings. The predicted molar refractivity (Wildman–Crippen MR) is 54.8 cm³/mol. The third-order valence-electron chi connectivity index (χ3n) is 3.34. The lowest BCUT2D eigenvalue weighted by Gasteiger charge is -2.25. The SMILES string of the molecule is ON=C1CCC(OC2CCCC2)CC1. The van der Waals surface area contributed by atoms with Crippen molar-refractivity contribution in [1.29, 1.82) is 0 Å². The summed E-state index contributed by atoms with van der Waals surface area (Å²) in [5.41, 5.74) is 0.941. The van der Waals surface area contributed by atoms with Crippen LogP contribution in [-0.4, -0.2) is 23.1 Å². The van der Waals surface area contributed by atoms with Gasteiger partial charge in [-0.3, -0.25) is 0 Å². The van der Waals surface area contributed by atoms with Crippen LogP contribution in [0.2, 0.25) is 0 Å². The summed E-state index contributed by atoms with van der Waals surface area (Å²) < 4.78 is 6.01. The van der Waals surface area contributed by atoms with Crippen molar-refractivity contribution in [2.24, 2.45) is 5.16 Å². The van der Waals surface area contributed by atoms with E-state index in [4.69, 9.17) is 9.94 Å². The van der Waals surface area contributed by atoms with E-state index in [1.807, 2.05) is 0 Å². The number of rotatable bonds is 2. The maximum Gasteiger partial charge on any atom is 0.0586 e. The monoisotopic (exact) mass is 197 g/mol. The molecule has 14 heavy (non-hydrogen) atoms. The molecule has 3 nitrogen and oxygen atoms in total. The summed E-state index contributed by atoms with van der Waals surface area (Å²) in [5.74, 6) is 0. The summed E-state index contributed by atoms with van der Waals surface area (Å²) in [7, 11) is 0. The van der Waals surface area contributed by atoms with Gasteiger partial charge in [-0.1, -0.05) is 18.0 Å². The van der Waals surface area contributed by atoms with Crippen LogP contribution in [0.1, 0.15) is 51.4 Å². The zero-order valence-electron chi connectivity index (χ0n) is 8.61. The molecule has 0 aliphatic heterocycles. The summed E-state index contributed by atoms with van der Waals surface area (Å²) >= 11 is 0. The first-order chi connectivity index (χ1) is 6.88. The van der Waals surface area contributed by atoms with E-state index in [-0.39, 0.29) is 0 Å². The molecular formula is C11H19NO2. The number of hydrogen-bond acceptors (Lipinski definition) is 3. The van der Waals surface area contributed by atoms with E-state index in [9.17, 15) is 0 Å². The molecule has 2 rings (SSSR count). The molecule has 0 atom stereocenters. The molecule has 2 saturated carbocycles. The zero-order chi connectivity index (χ0) is 9.80. The van der Waals surface area contributed by atoms with Crippen molar-refractivity contribution in [2.75, 3.05) is 0 Å². The molecule has 0 heterocycles. The normalized spacial score (nSPS) is 29.4. The standard InChI is InChI=1S/C11H19NO2/c13-12-9-5-7-11(8-6-9)14-10-3-1-2-4-10/h10-11,13H,1-8H2. The van der Waals surface area contributed by atoms with E-state index in [2.05, 4.69) is 5.16 Å². The maximum absolute atomic E-state index is 8.61. The van der Waals surface area contributed by atoms with Gasteiger partial charge >= 0.3 is 0 Å². The van der Waals surface area contributed by atoms with Gasteiger partial charge in [-0.05, 0) is 38.5 Å². The quantitative estimate of drug-likeness (QED) is 0.546. The van der Waals surface area contributed by atoms with Crippen molar-refractivity contribution in [3.63, 3.8) is 0 Å². The van der Waals surface area contributed by atoms with Crippen LogP contribution in [0.25, 0.3) is 0 Å². The van der Waals surface area contributed by atoms with E-state index >= 15 is 0 Å². The lowest BCUT2D eigenvalue weighted by molar-refractivity contribution is -0.0176. The van der Waals surface area contributed by atoms with Crippen LogP contribution in [0, 0.1) is 0 Å². The second kappa shape index (κ2) is 4.78. The highest BCUT2D eigenvalue weighted by atomic mass is 16.5. The number of hydrogen-bond donors (Lipinski definition) is 1. The number of nitrogens with zero attached hydrogens (tertiary/aromatic N) is 1. The lowest BCUT2D eigenvalue weighted by atomic mass is 9.95. The maximum atomic E-state index is 8.61. The molecule has 2 fully saturated rings. The summed E-state index contributed by atoms with van der Waals surface area (Å²) in [6.07, 6.45) is 10.0. The van der Waals surface area contributed by atoms with Crippen LogP contribution in [0.5, 0.6) is 0 Å². The van der Waals surface area contributed by atoms with Crippen molar-refractivity contribution in [3.05, 3.63) is 0 Å². The Labute approximate surface area is 85.1 Å². The number of ether oxygens (including phenoxy) is 1. The Morgan fingerprint density at radius 2 is 1.57 bits per heavy atom. The second-order valence-corrected chi connectivity index (χ2v) is 4.41. The largest absolute Gasteiger partial charge is 0.411 e. The first kappa shape index (κ1) is 9.97. The molecular weight excluding hydrogens is 178 g/mol. The highest BCUT2D eigenvalue weighted by Crippen LogP contribution is 2.27. The Kier molecular flexibility index (Phi) is 3.40. The Morgan fingerprint density at radius 3 is 2.14 bits per heavy atom. The van der Waals surface area contributed by atoms with Crippen LogP contribution in [0.15, 0.2) is 5.16 Å². The first-order valence-electron chi connectivity index (χ1n) is 5.74. The molecule has 0 radical (unpaired) electrons. The second-order valence-electron chi connectivity index (χ2n) is 4.41. The summed E-state index contributed by atoms with van der Waals surface area (Å²) in [5, 5.41) is 11.9. The van der Waals surface area contributed by atoms with Crippen LogP contribution in [-0.2, 0) is 4.74 Å². The summed E-state index contributed by atoms with van der Waals surface area (Å²) in [4.78, 5) is 0. The Morgan fingerprint density at radius 1 is 1.00 bits per heavy atom.